The molecular formula is C5H2B3N5. The van der Waals surface area contributed by atoms with Crippen LogP contribution in [-0.2, 0) is 0 Å². The predicted octanol–water partition coefficient (Wildman–Crippen LogP) is -3.91. The van der Waals surface area contributed by atoms with Gasteiger partial charge in [-0.15, -0.1) is 0 Å². The van der Waals surface area contributed by atoms with Crippen molar-refractivity contribution in [3.63, 3.8) is 0 Å². The van der Waals surface area contributed by atoms with Crippen LogP contribution in [0.5, 0.6) is 0 Å². The number of anilines is 1. The zero-order valence-corrected chi connectivity index (χ0v) is 6.60. The Balaban J connectivity index is 2.92. The van der Waals surface area contributed by atoms with Gasteiger partial charge in [0.25, 0.3) is 5.78 Å². The van der Waals surface area contributed by atoms with Crippen molar-refractivity contribution in [2.24, 2.45) is 0 Å². The maximum Gasteiger partial charge on any atom is 0.252 e. The summed E-state index contributed by atoms with van der Waals surface area (Å²) in [6.45, 7) is 0. The highest BCUT2D eigenvalue weighted by atomic mass is 15.3. The third-order valence-corrected chi connectivity index (χ3v) is 1.61. The van der Waals surface area contributed by atoms with Gasteiger partial charge in [0.2, 0.25) is 0 Å². The number of hydrogen-bond donors (Lipinski definition) is 1. The van der Waals surface area contributed by atoms with E-state index in [4.69, 9.17) is 29.3 Å². The maximum atomic E-state index is 5.59. The van der Waals surface area contributed by atoms with Gasteiger partial charge in [0.1, 0.15) is 21.5 Å². The van der Waals surface area contributed by atoms with E-state index in [1.54, 1.807) is 0 Å². The van der Waals surface area contributed by atoms with Gasteiger partial charge in [-0.2, -0.15) is 9.61 Å². The van der Waals surface area contributed by atoms with E-state index in [1.807, 2.05) is 0 Å². The zero-order chi connectivity index (χ0) is 9.59. The summed E-state index contributed by atoms with van der Waals surface area (Å²) in [6.07, 6.45) is 0. The van der Waals surface area contributed by atoms with E-state index >= 15 is 0 Å². The van der Waals surface area contributed by atoms with Crippen LogP contribution >= 0.6 is 0 Å². The third-order valence-electron chi connectivity index (χ3n) is 1.61. The Morgan fingerprint density at radius 2 is 1.85 bits per heavy atom. The fraction of sp³-hybridized carbons (Fsp3) is 0. The second-order valence-electron chi connectivity index (χ2n) is 2.48. The van der Waals surface area contributed by atoms with Crippen LogP contribution in [0.1, 0.15) is 0 Å². The molecule has 0 spiro atoms. The first-order chi connectivity index (χ1) is 6.09. The van der Waals surface area contributed by atoms with Crippen LogP contribution in [0.25, 0.3) is 5.78 Å². The third kappa shape index (κ3) is 1.09. The van der Waals surface area contributed by atoms with Crippen molar-refractivity contribution >= 4 is 51.9 Å². The molecule has 2 rings (SSSR count). The molecule has 0 saturated carbocycles. The Hall–Kier alpha value is -1.46. The maximum absolute atomic E-state index is 5.59. The van der Waals surface area contributed by atoms with Gasteiger partial charge in [0, 0.05) is 0 Å². The number of nitrogen functional groups attached to an aromatic ring is 1. The lowest BCUT2D eigenvalue weighted by Crippen LogP contribution is -2.34. The Labute approximate surface area is 78.0 Å². The van der Waals surface area contributed by atoms with Gasteiger partial charge in [-0.25, -0.2) is 9.97 Å². The average Bonchev–Trinajstić information content (AvgIpc) is 2.42. The molecule has 56 valence electrons. The average molecular weight is 165 g/mol. The van der Waals surface area contributed by atoms with E-state index in [0.717, 1.165) is 0 Å². The molecule has 13 heavy (non-hydrogen) atoms. The number of nitrogens with two attached hydrogens (primary N) is 1. The van der Waals surface area contributed by atoms with E-state index in [1.165, 1.54) is 4.52 Å². The Morgan fingerprint density at radius 3 is 2.54 bits per heavy atom. The molecule has 6 radical (unpaired) electrons. The van der Waals surface area contributed by atoms with Crippen molar-refractivity contribution in [1.82, 2.24) is 19.6 Å². The van der Waals surface area contributed by atoms with E-state index in [-0.39, 0.29) is 28.4 Å². The highest BCUT2D eigenvalue weighted by molar-refractivity contribution is 6.49. The lowest BCUT2D eigenvalue weighted by molar-refractivity contribution is 0.975. The van der Waals surface area contributed by atoms with Crippen molar-refractivity contribution in [1.29, 1.82) is 0 Å². The van der Waals surface area contributed by atoms with E-state index in [2.05, 4.69) is 15.1 Å². The van der Waals surface area contributed by atoms with Crippen LogP contribution in [0.4, 0.5) is 5.82 Å². The van der Waals surface area contributed by atoms with Gasteiger partial charge in [-0.3, -0.25) is 0 Å². The summed E-state index contributed by atoms with van der Waals surface area (Å²) < 4.78 is 1.24. The largest absolute Gasteiger partial charge is 0.384 e. The number of hydrogen-bond acceptors (Lipinski definition) is 4. The minimum Gasteiger partial charge on any atom is -0.384 e. The van der Waals surface area contributed by atoms with Crippen molar-refractivity contribution in [2.75, 3.05) is 5.73 Å². The lowest BCUT2D eigenvalue weighted by Gasteiger charge is -2.04. The standard InChI is InChI=1S/C5H2B3N5/c6-1-2(7)10-5-11-4(8)12-13(5)3(1)9/h9H2. The molecular weight excluding hydrogens is 163 g/mol. The number of nitrogens with zero attached hydrogens (tertiary/aromatic N) is 4. The van der Waals surface area contributed by atoms with Crippen molar-refractivity contribution in [2.45, 2.75) is 0 Å². The predicted molar refractivity (Wildman–Crippen MR) is 51.4 cm³/mol. The van der Waals surface area contributed by atoms with Gasteiger partial charge < -0.3 is 5.73 Å². The fourth-order valence-corrected chi connectivity index (χ4v) is 0.967. The summed E-state index contributed by atoms with van der Waals surface area (Å²) in [7, 11) is 16.3. The van der Waals surface area contributed by atoms with Crippen LogP contribution in [0.3, 0.4) is 0 Å². The van der Waals surface area contributed by atoms with Gasteiger partial charge >= 0.3 is 0 Å². The lowest BCUT2D eigenvalue weighted by atomic mass is 9.86. The molecule has 2 aromatic rings. The smallest absolute Gasteiger partial charge is 0.252 e. The van der Waals surface area contributed by atoms with Crippen molar-refractivity contribution in [3.05, 3.63) is 0 Å². The summed E-state index contributed by atoms with van der Waals surface area (Å²) in [6, 6.07) is 0. The molecule has 0 aliphatic heterocycles. The summed E-state index contributed by atoms with van der Waals surface area (Å²) in [5.41, 5.74) is 5.97. The monoisotopic (exact) mass is 165 g/mol. The second kappa shape index (κ2) is 2.51. The van der Waals surface area contributed by atoms with Crippen LogP contribution < -0.4 is 22.5 Å². The van der Waals surface area contributed by atoms with Crippen LogP contribution in [0.2, 0.25) is 0 Å². The highest BCUT2D eigenvalue weighted by Gasteiger charge is 2.07. The highest BCUT2D eigenvalue weighted by Crippen LogP contribution is 1.94. The summed E-state index contributed by atoms with van der Waals surface area (Å²) in [5, 5.41) is 3.77. The number of fused-ring (bicyclic) bond motifs is 1. The van der Waals surface area contributed by atoms with E-state index < -0.39 is 0 Å². The van der Waals surface area contributed by atoms with Crippen molar-refractivity contribution < 1.29 is 0 Å². The van der Waals surface area contributed by atoms with Gasteiger partial charge in [0.05, 0.1) is 5.72 Å². The molecule has 0 bridgehead atoms. The fourth-order valence-electron chi connectivity index (χ4n) is 0.967. The first kappa shape index (κ1) is 8.16. The molecule has 2 N–H and O–H groups in total. The molecule has 2 heterocycles. The molecule has 0 aliphatic carbocycles. The first-order valence-corrected chi connectivity index (χ1v) is 3.42. The minimum atomic E-state index is 0.0733. The van der Waals surface area contributed by atoms with E-state index in [0.29, 0.717) is 0 Å². The zero-order valence-electron chi connectivity index (χ0n) is 6.60. The molecule has 0 saturated heterocycles. The van der Waals surface area contributed by atoms with Crippen LogP contribution in [0.15, 0.2) is 0 Å². The molecule has 2 aromatic heterocycles. The second-order valence-corrected chi connectivity index (χ2v) is 2.48. The molecule has 0 amide bonds. The Kier molecular flexibility index (Phi) is 1.58. The van der Waals surface area contributed by atoms with Gasteiger partial charge in [0.15, 0.2) is 7.85 Å². The molecule has 0 fully saturated rings. The molecule has 0 aliphatic rings. The minimum absolute atomic E-state index is 0.0733. The Bertz CT molecular complexity index is 478. The topological polar surface area (TPSA) is 69.1 Å². The SMILES string of the molecule is [B]c1nc2nc([B])c([B])c(N)n2n1. The van der Waals surface area contributed by atoms with E-state index in [9.17, 15) is 0 Å². The molecule has 0 aromatic carbocycles. The first-order valence-electron chi connectivity index (χ1n) is 3.42. The molecule has 8 heteroatoms. The number of aromatic nitrogens is 4. The van der Waals surface area contributed by atoms with Crippen LogP contribution in [-0.4, -0.2) is 43.1 Å². The summed E-state index contributed by atoms with van der Waals surface area (Å²) in [4.78, 5) is 7.62. The number of rotatable bonds is 0. The van der Waals surface area contributed by atoms with Crippen LogP contribution in [0, 0.1) is 0 Å². The molecule has 5 nitrogen and oxygen atoms in total. The summed E-state index contributed by atoms with van der Waals surface area (Å²) >= 11 is 0. The summed E-state index contributed by atoms with van der Waals surface area (Å²) in [5.74, 6) is 0.424. The quantitative estimate of drug-likeness (QED) is 0.404. The normalized spacial score (nSPS) is 10.8. The van der Waals surface area contributed by atoms with Crippen molar-refractivity contribution in [3.8, 4) is 0 Å². The molecule has 0 unspecified atom stereocenters. The molecule has 0 atom stereocenters. The Morgan fingerprint density at radius 1 is 1.15 bits per heavy atom. The van der Waals surface area contributed by atoms with Gasteiger partial charge in [-0.05, 0) is 11.1 Å². The van der Waals surface area contributed by atoms with Gasteiger partial charge in [-0.1, -0.05) is 0 Å².